The summed E-state index contributed by atoms with van der Waals surface area (Å²) >= 11 is 0. The van der Waals surface area contributed by atoms with Crippen LogP contribution in [0.5, 0.6) is 0 Å². The van der Waals surface area contributed by atoms with Crippen molar-refractivity contribution in [1.82, 2.24) is 14.5 Å². The van der Waals surface area contributed by atoms with Crippen molar-refractivity contribution in [2.75, 3.05) is 12.3 Å². The molecular weight excluding hydrogens is 452 g/mol. The lowest BCUT2D eigenvalue weighted by molar-refractivity contribution is -0.0531. The fourth-order valence-corrected chi connectivity index (χ4v) is 9.17. The van der Waals surface area contributed by atoms with Gasteiger partial charge >= 0.3 is 5.69 Å². The first kappa shape index (κ1) is 24.2. The van der Waals surface area contributed by atoms with Gasteiger partial charge in [0.1, 0.15) is 24.6 Å². The van der Waals surface area contributed by atoms with E-state index in [4.69, 9.17) is 14.9 Å². The van der Waals surface area contributed by atoms with Crippen LogP contribution in [0.1, 0.15) is 27.0 Å². The number of nitrogens with zero attached hydrogens (tertiary/aromatic N) is 3. The predicted octanol–water partition coefficient (Wildman–Crippen LogP) is 0.416. The average Bonchev–Trinajstić information content (AvgIpc) is 3.08. The second-order valence-electron chi connectivity index (χ2n) is 9.42. The Morgan fingerprint density at radius 1 is 1.03 bits per heavy atom. The molecule has 34 heavy (non-hydrogen) atoms. The van der Waals surface area contributed by atoms with E-state index in [0.717, 1.165) is 21.3 Å². The van der Waals surface area contributed by atoms with Crippen LogP contribution in [0.3, 0.4) is 0 Å². The number of rotatable bonds is 6. The van der Waals surface area contributed by atoms with Gasteiger partial charge in [0.05, 0.1) is 6.61 Å². The van der Waals surface area contributed by atoms with Gasteiger partial charge in [-0.05, 0) is 15.4 Å². The van der Waals surface area contributed by atoms with Gasteiger partial charge in [0, 0.05) is 0 Å². The lowest BCUT2D eigenvalue weighted by Crippen LogP contribution is -2.67. The summed E-state index contributed by atoms with van der Waals surface area (Å²) in [6, 6.07) is 20.2. The molecule has 1 fully saturated rings. The van der Waals surface area contributed by atoms with Gasteiger partial charge in [-0.1, -0.05) is 81.4 Å². The van der Waals surface area contributed by atoms with Gasteiger partial charge in [0.2, 0.25) is 5.95 Å². The topological polar surface area (TPSA) is 133 Å². The molecule has 4 atom stereocenters. The Balaban J connectivity index is 1.68. The molecule has 0 unspecified atom stereocenters. The molecule has 4 N–H and O–H groups in total. The number of nitrogen functional groups attached to an aromatic ring is 1. The molecule has 1 aliphatic heterocycles. The minimum absolute atomic E-state index is 0.0204. The van der Waals surface area contributed by atoms with Gasteiger partial charge in [0.15, 0.2) is 6.23 Å². The number of nitrogens with two attached hydrogens (primary N) is 1. The van der Waals surface area contributed by atoms with Gasteiger partial charge in [-0.25, -0.2) is 9.78 Å². The molecular formula is C24H30N4O5Si. The van der Waals surface area contributed by atoms with E-state index < -0.39 is 38.5 Å². The highest BCUT2D eigenvalue weighted by Gasteiger charge is 2.52. The van der Waals surface area contributed by atoms with E-state index in [2.05, 4.69) is 55.0 Å². The molecule has 3 aromatic rings. The fourth-order valence-electron chi connectivity index (χ4n) is 4.60. The monoisotopic (exact) mass is 482 g/mol. The maximum atomic E-state index is 12.2. The molecule has 4 rings (SSSR count). The highest BCUT2D eigenvalue weighted by atomic mass is 28.4. The molecule has 1 aliphatic rings. The van der Waals surface area contributed by atoms with E-state index in [0.29, 0.717) is 0 Å². The third kappa shape index (κ3) is 4.30. The average molecular weight is 483 g/mol. The molecule has 0 bridgehead atoms. The maximum absolute atomic E-state index is 12.2. The van der Waals surface area contributed by atoms with Crippen molar-refractivity contribution >= 4 is 24.6 Å². The summed E-state index contributed by atoms with van der Waals surface area (Å²) in [5.74, 6) is -0.180. The van der Waals surface area contributed by atoms with E-state index in [-0.39, 0.29) is 17.6 Å². The zero-order valence-electron chi connectivity index (χ0n) is 19.4. The smallest absolute Gasteiger partial charge is 0.354 e. The van der Waals surface area contributed by atoms with Crippen LogP contribution in [0.2, 0.25) is 5.04 Å². The standard InChI is InChI=1S/C24H30N4O5Si/c1-24(2,3)34(16-10-6-4-7-11-16,17-12-8-5-9-13-17)32-14-18-19(29)20(30)21(33-18)28-15-26-22(25)27-23(28)31/h4-13,15,18-21,29-30H,14H2,1-3H3,(H2,25,27,31)/t18-,19-,20-,21-/m1/s1. The van der Waals surface area contributed by atoms with Crippen LogP contribution >= 0.6 is 0 Å². The van der Waals surface area contributed by atoms with Crippen LogP contribution in [0.15, 0.2) is 71.8 Å². The fraction of sp³-hybridized carbons (Fsp3) is 0.375. The highest BCUT2D eigenvalue weighted by Crippen LogP contribution is 2.38. The van der Waals surface area contributed by atoms with Gasteiger partial charge < -0.3 is 25.1 Å². The summed E-state index contributed by atoms with van der Waals surface area (Å²) in [7, 11) is -2.87. The summed E-state index contributed by atoms with van der Waals surface area (Å²) in [6.07, 6.45) is -3.51. The van der Waals surface area contributed by atoms with Crippen molar-refractivity contribution in [3.8, 4) is 0 Å². The lowest BCUT2D eigenvalue weighted by Gasteiger charge is -2.43. The molecule has 0 radical (unpaired) electrons. The number of aliphatic hydroxyl groups is 2. The number of aliphatic hydroxyl groups excluding tert-OH is 2. The quantitative estimate of drug-likeness (QED) is 0.431. The van der Waals surface area contributed by atoms with Gasteiger partial charge in [-0.15, -0.1) is 0 Å². The zero-order valence-corrected chi connectivity index (χ0v) is 20.4. The SMILES string of the molecule is CC(C)(C)[Si](OC[C@H]1O[C@@H](n2cnc(N)nc2=O)[C@H](O)[C@@H]1O)(c1ccccc1)c1ccccc1. The molecule has 9 nitrogen and oxygen atoms in total. The van der Waals surface area contributed by atoms with Gasteiger partial charge in [-0.3, -0.25) is 4.57 Å². The number of aromatic nitrogens is 3. The van der Waals surface area contributed by atoms with Crippen LogP contribution in [0.25, 0.3) is 0 Å². The van der Waals surface area contributed by atoms with Crippen molar-refractivity contribution < 1.29 is 19.4 Å². The van der Waals surface area contributed by atoms with Crippen LogP contribution < -0.4 is 21.8 Å². The van der Waals surface area contributed by atoms with Crippen molar-refractivity contribution in [3.63, 3.8) is 0 Å². The van der Waals surface area contributed by atoms with Crippen molar-refractivity contribution in [2.24, 2.45) is 0 Å². The number of anilines is 1. The first-order chi connectivity index (χ1) is 16.1. The summed E-state index contributed by atoms with van der Waals surface area (Å²) in [5, 5.41) is 23.3. The molecule has 180 valence electrons. The second kappa shape index (κ2) is 9.39. The van der Waals surface area contributed by atoms with E-state index in [1.165, 1.54) is 0 Å². The summed E-state index contributed by atoms with van der Waals surface area (Å²) in [4.78, 5) is 19.6. The Hall–Kier alpha value is -2.89. The minimum Gasteiger partial charge on any atom is -0.405 e. The molecule has 2 aromatic carbocycles. The molecule has 0 spiro atoms. The number of hydrogen-bond donors (Lipinski definition) is 3. The van der Waals surface area contributed by atoms with Crippen LogP contribution in [-0.4, -0.2) is 58.0 Å². The predicted molar refractivity (Wildman–Crippen MR) is 130 cm³/mol. The Morgan fingerprint density at radius 3 is 2.09 bits per heavy atom. The largest absolute Gasteiger partial charge is 0.405 e. The van der Waals surface area contributed by atoms with Gasteiger partial charge in [-0.2, -0.15) is 4.98 Å². The van der Waals surface area contributed by atoms with Crippen molar-refractivity contribution in [3.05, 3.63) is 77.5 Å². The summed E-state index contributed by atoms with van der Waals surface area (Å²) < 4.78 is 13.7. The molecule has 1 aromatic heterocycles. The Bertz CT molecular complexity index is 1130. The molecule has 0 aliphatic carbocycles. The third-order valence-corrected chi connectivity index (χ3v) is 11.2. The van der Waals surface area contributed by atoms with Crippen LogP contribution in [-0.2, 0) is 9.16 Å². The number of benzene rings is 2. The number of hydrogen-bond acceptors (Lipinski definition) is 8. The minimum atomic E-state index is -2.87. The summed E-state index contributed by atoms with van der Waals surface area (Å²) in [6.45, 7) is 6.46. The van der Waals surface area contributed by atoms with E-state index >= 15 is 0 Å². The second-order valence-corrected chi connectivity index (χ2v) is 13.7. The highest BCUT2D eigenvalue weighted by molar-refractivity contribution is 6.99. The van der Waals surface area contributed by atoms with E-state index in [9.17, 15) is 15.0 Å². The molecule has 0 amide bonds. The number of ether oxygens (including phenoxy) is 1. The van der Waals surface area contributed by atoms with E-state index in [1.807, 2.05) is 36.4 Å². The summed E-state index contributed by atoms with van der Waals surface area (Å²) in [5.41, 5.74) is 4.73. The van der Waals surface area contributed by atoms with Crippen molar-refractivity contribution in [2.45, 2.75) is 50.3 Å². The molecule has 0 saturated carbocycles. The molecule has 1 saturated heterocycles. The third-order valence-electron chi connectivity index (χ3n) is 6.24. The lowest BCUT2D eigenvalue weighted by atomic mass is 10.1. The molecule has 10 heteroatoms. The molecule has 2 heterocycles. The Morgan fingerprint density at radius 2 is 1.59 bits per heavy atom. The first-order valence-electron chi connectivity index (χ1n) is 11.1. The van der Waals surface area contributed by atoms with E-state index in [1.54, 1.807) is 0 Å². The van der Waals surface area contributed by atoms with Crippen molar-refractivity contribution in [1.29, 1.82) is 0 Å². The first-order valence-corrected chi connectivity index (χ1v) is 13.0. The normalized spacial score (nSPS) is 23.2. The Labute approximate surface area is 199 Å². The van der Waals surface area contributed by atoms with Crippen LogP contribution in [0.4, 0.5) is 5.95 Å². The Kier molecular flexibility index (Phi) is 6.70. The maximum Gasteiger partial charge on any atom is 0.354 e. The zero-order chi connectivity index (χ0) is 24.5. The van der Waals surface area contributed by atoms with Crippen LogP contribution in [0, 0.1) is 0 Å². The van der Waals surface area contributed by atoms with Gasteiger partial charge in [0.25, 0.3) is 8.32 Å².